The Kier molecular flexibility index (Phi) is 3.97. The number of methoxy groups -OCH3 is 1. The van der Waals surface area contributed by atoms with Crippen LogP contribution < -0.4 is 4.74 Å². The molecule has 0 amide bonds. The van der Waals surface area contributed by atoms with Gasteiger partial charge in [0.15, 0.2) is 5.69 Å². The summed E-state index contributed by atoms with van der Waals surface area (Å²) in [6.07, 6.45) is -0.283. The Hall–Kier alpha value is -2.18. The number of ether oxygens (including phenoxy) is 2. The van der Waals surface area contributed by atoms with Crippen LogP contribution in [-0.4, -0.2) is 29.1 Å². The zero-order valence-electron chi connectivity index (χ0n) is 9.67. The van der Waals surface area contributed by atoms with E-state index in [1.54, 1.807) is 13.8 Å². The van der Waals surface area contributed by atoms with Crippen molar-refractivity contribution in [2.45, 2.75) is 20.0 Å². The largest absolute Gasteiger partial charge is 0.470 e. The highest BCUT2D eigenvalue weighted by Gasteiger charge is 2.21. The summed E-state index contributed by atoms with van der Waals surface area (Å²) in [6.45, 7) is 3.41. The van der Waals surface area contributed by atoms with Gasteiger partial charge in [0.1, 0.15) is 0 Å². The number of esters is 1. The molecule has 1 rings (SSSR count). The first kappa shape index (κ1) is 12.9. The third-order valence-corrected chi connectivity index (χ3v) is 1.78. The number of nitrogens with zero attached hydrogens (tertiary/aromatic N) is 2. The molecule has 1 aromatic heterocycles. The van der Waals surface area contributed by atoms with E-state index >= 15 is 0 Å². The van der Waals surface area contributed by atoms with E-state index in [9.17, 15) is 14.9 Å². The summed E-state index contributed by atoms with van der Waals surface area (Å²) < 4.78 is 9.65. The SMILES string of the molecule is COC(=O)c1ccc([N+](=O)[O-])c(OC(C)C)n1. The summed E-state index contributed by atoms with van der Waals surface area (Å²) in [5.74, 6) is -0.860. The van der Waals surface area contributed by atoms with Crippen LogP contribution in [-0.2, 0) is 4.74 Å². The van der Waals surface area contributed by atoms with E-state index in [0.29, 0.717) is 0 Å². The molecule has 0 atom stereocenters. The molecule has 0 saturated heterocycles. The number of pyridine rings is 1. The molecule has 7 nitrogen and oxygen atoms in total. The van der Waals surface area contributed by atoms with Gasteiger partial charge >= 0.3 is 11.7 Å². The smallest absolute Gasteiger partial charge is 0.356 e. The molecule has 0 bridgehead atoms. The van der Waals surface area contributed by atoms with Crippen molar-refractivity contribution in [2.24, 2.45) is 0 Å². The van der Waals surface area contributed by atoms with E-state index in [0.717, 1.165) is 6.07 Å². The Labute approximate surface area is 97.5 Å². The molecule has 7 heteroatoms. The van der Waals surface area contributed by atoms with Gasteiger partial charge in [-0.25, -0.2) is 9.78 Å². The van der Waals surface area contributed by atoms with Gasteiger partial charge in [-0.3, -0.25) is 10.1 Å². The molecule has 0 aliphatic carbocycles. The van der Waals surface area contributed by atoms with E-state index in [-0.39, 0.29) is 23.4 Å². The summed E-state index contributed by atoms with van der Waals surface area (Å²) in [7, 11) is 1.20. The molecule has 1 aromatic rings. The number of hydrogen-bond donors (Lipinski definition) is 0. The molecule has 17 heavy (non-hydrogen) atoms. The summed E-state index contributed by atoms with van der Waals surface area (Å²) in [6, 6.07) is 2.38. The average molecular weight is 240 g/mol. The molecule has 92 valence electrons. The Bertz CT molecular complexity index is 444. The van der Waals surface area contributed by atoms with Crippen LogP contribution in [0.25, 0.3) is 0 Å². The van der Waals surface area contributed by atoms with E-state index < -0.39 is 10.9 Å². The molecule has 0 unspecified atom stereocenters. The summed E-state index contributed by atoms with van der Waals surface area (Å²) in [5.41, 5.74) is -0.319. The molecule has 0 saturated carbocycles. The fraction of sp³-hybridized carbons (Fsp3) is 0.400. The van der Waals surface area contributed by atoms with Gasteiger partial charge in [-0.1, -0.05) is 0 Å². The lowest BCUT2D eigenvalue weighted by Gasteiger charge is -2.09. The standard InChI is InChI=1S/C10H12N2O5/c1-6(2)17-9-8(12(14)15)5-4-7(11-9)10(13)16-3/h4-6H,1-3H3. The predicted molar refractivity (Wildman–Crippen MR) is 58.0 cm³/mol. The van der Waals surface area contributed by atoms with Crippen LogP contribution in [0, 0.1) is 10.1 Å². The van der Waals surface area contributed by atoms with Gasteiger partial charge < -0.3 is 9.47 Å². The maximum Gasteiger partial charge on any atom is 0.356 e. The third kappa shape index (κ3) is 3.13. The molecule has 0 N–H and O–H groups in total. The first-order valence-corrected chi connectivity index (χ1v) is 4.86. The van der Waals surface area contributed by atoms with Crippen molar-refractivity contribution in [3.05, 3.63) is 27.9 Å². The molecule has 1 heterocycles. The molecule has 0 fully saturated rings. The minimum Gasteiger partial charge on any atom is -0.470 e. The zero-order chi connectivity index (χ0) is 13.0. The number of carbonyl (C=O) groups is 1. The van der Waals surface area contributed by atoms with E-state index in [1.165, 1.54) is 13.2 Å². The van der Waals surface area contributed by atoms with Crippen molar-refractivity contribution < 1.29 is 19.2 Å². The highest BCUT2D eigenvalue weighted by molar-refractivity contribution is 5.87. The first-order chi connectivity index (χ1) is 7.95. The molecular weight excluding hydrogens is 228 g/mol. The predicted octanol–water partition coefficient (Wildman–Crippen LogP) is 1.56. The lowest BCUT2D eigenvalue weighted by atomic mass is 10.3. The van der Waals surface area contributed by atoms with Gasteiger partial charge in [-0.2, -0.15) is 0 Å². The number of rotatable bonds is 4. The fourth-order valence-corrected chi connectivity index (χ4v) is 1.10. The van der Waals surface area contributed by atoms with Crippen molar-refractivity contribution in [1.82, 2.24) is 4.98 Å². The number of nitro groups is 1. The topological polar surface area (TPSA) is 91.6 Å². The van der Waals surface area contributed by atoms with E-state index in [4.69, 9.17) is 4.74 Å². The van der Waals surface area contributed by atoms with Gasteiger partial charge in [0.05, 0.1) is 18.1 Å². The van der Waals surface area contributed by atoms with Crippen molar-refractivity contribution in [2.75, 3.05) is 7.11 Å². The second kappa shape index (κ2) is 5.24. The second-order valence-electron chi connectivity index (χ2n) is 3.44. The number of aromatic nitrogens is 1. The Morgan fingerprint density at radius 2 is 2.12 bits per heavy atom. The molecule has 0 aliphatic rings. The van der Waals surface area contributed by atoms with Crippen LogP contribution in [0.5, 0.6) is 5.88 Å². The van der Waals surface area contributed by atoms with Crippen LogP contribution in [0.1, 0.15) is 24.3 Å². The quantitative estimate of drug-likeness (QED) is 0.450. The van der Waals surface area contributed by atoms with Gasteiger partial charge in [-0.15, -0.1) is 0 Å². The van der Waals surface area contributed by atoms with E-state index in [1.807, 2.05) is 0 Å². The van der Waals surface area contributed by atoms with Crippen LogP contribution >= 0.6 is 0 Å². The van der Waals surface area contributed by atoms with Crippen molar-refractivity contribution in [3.63, 3.8) is 0 Å². The first-order valence-electron chi connectivity index (χ1n) is 4.86. The van der Waals surface area contributed by atoms with E-state index in [2.05, 4.69) is 9.72 Å². The third-order valence-electron chi connectivity index (χ3n) is 1.78. The van der Waals surface area contributed by atoms with Crippen molar-refractivity contribution in [3.8, 4) is 5.88 Å². The minimum absolute atomic E-state index is 0.0336. The van der Waals surface area contributed by atoms with Gasteiger partial charge in [0.2, 0.25) is 0 Å². The van der Waals surface area contributed by atoms with Gasteiger partial charge in [0, 0.05) is 6.07 Å². The van der Waals surface area contributed by atoms with Gasteiger partial charge in [0.25, 0.3) is 5.88 Å². The highest BCUT2D eigenvalue weighted by Crippen LogP contribution is 2.25. The maximum atomic E-state index is 11.2. The van der Waals surface area contributed by atoms with Crippen molar-refractivity contribution >= 4 is 11.7 Å². The molecule has 0 radical (unpaired) electrons. The van der Waals surface area contributed by atoms with Crippen LogP contribution in [0.3, 0.4) is 0 Å². The molecule has 0 spiro atoms. The molecule has 0 aromatic carbocycles. The zero-order valence-corrected chi connectivity index (χ0v) is 9.67. The number of hydrogen-bond acceptors (Lipinski definition) is 6. The lowest BCUT2D eigenvalue weighted by Crippen LogP contribution is -2.12. The van der Waals surface area contributed by atoms with Crippen LogP contribution in [0.4, 0.5) is 5.69 Å². The van der Waals surface area contributed by atoms with Crippen LogP contribution in [0.15, 0.2) is 12.1 Å². The molecule has 0 aliphatic heterocycles. The minimum atomic E-state index is -0.673. The maximum absolute atomic E-state index is 11.2. The number of carbonyl (C=O) groups excluding carboxylic acids is 1. The summed E-state index contributed by atoms with van der Waals surface area (Å²) >= 11 is 0. The fourth-order valence-electron chi connectivity index (χ4n) is 1.10. The Balaban J connectivity index is 3.18. The monoisotopic (exact) mass is 240 g/mol. The van der Waals surface area contributed by atoms with Crippen molar-refractivity contribution in [1.29, 1.82) is 0 Å². The second-order valence-corrected chi connectivity index (χ2v) is 3.44. The summed E-state index contributed by atoms with van der Waals surface area (Å²) in [5, 5.41) is 10.7. The normalized spacial score (nSPS) is 10.1. The van der Waals surface area contributed by atoms with Gasteiger partial charge in [-0.05, 0) is 19.9 Å². The highest BCUT2D eigenvalue weighted by atomic mass is 16.6. The Morgan fingerprint density at radius 3 is 2.59 bits per heavy atom. The summed E-state index contributed by atoms with van der Waals surface area (Å²) in [4.78, 5) is 25.1. The molecular formula is C10H12N2O5. The van der Waals surface area contributed by atoms with Crippen LogP contribution in [0.2, 0.25) is 0 Å². The average Bonchev–Trinajstić information content (AvgIpc) is 2.26. The lowest BCUT2D eigenvalue weighted by molar-refractivity contribution is -0.386. The Morgan fingerprint density at radius 1 is 1.47 bits per heavy atom.